The zero-order valence-corrected chi connectivity index (χ0v) is 15.7. The molecule has 1 aliphatic rings. The van der Waals surface area contributed by atoms with Gasteiger partial charge in [0.15, 0.2) is 0 Å². The minimum absolute atomic E-state index is 0.169. The fourth-order valence-electron chi connectivity index (χ4n) is 3.88. The summed E-state index contributed by atoms with van der Waals surface area (Å²) in [6.45, 7) is 0. The Labute approximate surface area is 169 Å². The van der Waals surface area contributed by atoms with E-state index in [0.29, 0.717) is 5.69 Å². The molecule has 5 rings (SSSR count). The molecular formula is C25H19N3O. The van der Waals surface area contributed by atoms with Crippen molar-refractivity contribution in [1.29, 1.82) is 0 Å². The lowest BCUT2D eigenvalue weighted by Gasteiger charge is -2.16. The number of nitrogens with zero attached hydrogens (tertiary/aromatic N) is 1. The number of pyridine rings is 1. The second-order valence-electron chi connectivity index (χ2n) is 7.00. The molecular weight excluding hydrogens is 358 g/mol. The number of urea groups is 1. The number of anilines is 1. The van der Waals surface area contributed by atoms with Gasteiger partial charge in [-0.15, -0.1) is 0 Å². The molecule has 0 radical (unpaired) electrons. The molecule has 0 atom stereocenters. The number of carbonyl (C=O) groups excluding carboxylic acids is 1. The number of rotatable bonds is 3. The molecule has 2 amide bonds. The molecule has 1 heterocycles. The predicted octanol–water partition coefficient (Wildman–Crippen LogP) is 5.64. The summed E-state index contributed by atoms with van der Waals surface area (Å²) in [6.07, 6.45) is 1.71. The summed E-state index contributed by atoms with van der Waals surface area (Å²) in [6, 6.07) is 29.6. The van der Waals surface area contributed by atoms with Crippen molar-refractivity contribution in [3.05, 3.63) is 108 Å². The minimum atomic E-state index is -0.244. The number of carbonyl (C=O) groups is 1. The highest BCUT2D eigenvalue weighted by atomic mass is 16.2. The molecule has 0 aliphatic heterocycles. The Morgan fingerprint density at radius 3 is 2.07 bits per heavy atom. The molecule has 0 unspecified atom stereocenters. The van der Waals surface area contributed by atoms with Gasteiger partial charge in [0.2, 0.25) is 0 Å². The molecule has 4 heteroatoms. The maximum absolute atomic E-state index is 12.8. The topological polar surface area (TPSA) is 54.0 Å². The van der Waals surface area contributed by atoms with Gasteiger partial charge in [0, 0.05) is 17.4 Å². The van der Waals surface area contributed by atoms with E-state index in [1.165, 1.54) is 11.1 Å². The molecule has 140 valence electrons. The van der Waals surface area contributed by atoms with E-state index < -0.39 is 0 Å². The maximum Gasteiger partial charge on any atom is 0.319 e. The van der Waals surface area contributed by atoms with Crippen molar-refractivity contribution in [3.63, 3.8) is 0 Å². The van der Waals surface area contributed by atoms with Crippen LogP contribution >= 0.6 is 0 Å². The molecule has 0 fully saturated rings. The van der Waals surface area contributed by atoms with Crippen LogP contribution in [0.1, 0.15) is 17.2 Å². The van der Waals surface area contributed by atoms with Crippen LogP contribution in [0.25, 0.3) is 22.4 Å². The lowest BCUT2D eigenvalue weighted by molar-refractivity contribution is 0.250. The number of hydrogen-bond acceptors (Lipinski definition) is 2. The highest BCUT2D eigenvalue weighted by molar-refractivity contribution is 5.91. The standard InChI is InChI=1S/C25H19N3O/c29-25(27-18-14-15-26-23(16-18)17-8-2-1-3-9-17)28-24-21-12-6-4-10-19(21)20-11-5-7-13-22(20)24/h1-16,24H,(H2,26,27,28,29). The predicted molar refractivity (Wildman–Crippen MR) is 116 cm³/mol. The summed E-state index contributed by atoms with van der Waals surface area (Å²) in [5.41, 5.74) is 7.10. The van der Waals surface area contributed by atoms with Gasteiger partial charge in [-0.3, -0.25) is 4.98 Å². The minimum Gasteiger partial charge on any atom is -0.327 e. The molecule has 1 aliphatic carbocycles. The third-order valence-corrected chi connectivity index (χ3v) is 5.20. The first-order valence-corrected chi connectivity index (χ1v) is 9.57. The first-order valence-electron chi connectivity index (χ1n) is 9.57. The van der Waals surface area contributed by atoms with Crippen LogP contribution in [0.4, 0.5) is 10.5 Å². The molecule has 0 spiro atoms. The van der Waals surface area contributed by atoms with E-state index in [2.05, 4.69) is 39.9 Å². The first-order chi connectivity index (χ1) is 14.3. The summed E-state index contributed by atoms with van der Waals surface area (Å²) in [4.78, 5) is 17.2. The quantitative estimate of drug-likeness (QED) is 0.485. The van der Waals surface area contributed by atoms with E-state index >= 15 is 0 Å². The third kappa shape index (κ3) is 3.25. The molecule has 0 saturated carbocycles. The number of benzene rings is 3. The van der Waals surface area contributed by atoms with Crippen LogP contribution in [-0.2, 0) is 0 Å². The van der Waals surface area contributed by atoms with Gasteiger partial charge in [0.1, 0.15) is 0 Å². The van der Waals surface area contributed by atoms with Crippen LogP contribution in [0.5, 0.6) is 0 Å². The maximum atomic E-state index is 12.8. The smallest absolute Gasteiger partial charge is 0.319 e. The fourth-order valence-corrected chi connectivity index (χ4v) is 3.88. The van der Waals surface area contributed by atoms with E-state index in [1.54, 1.807) is 12.3 Å². The lowest BCUT2D eigenvalue weighted by Crippen LogP contribution is -2.32. The number of nitrogens with one attached hydrogen (secondary N) is 2. The van der Waals surface area contributed by atoms with Crippen LogP contribution in [-0.4, -0.2) is 11.0 Å². The van der Waals surface area contributed by atoms with Crippen LogP contribution in [0.3, 0.4) is 0 Å². The van der Waals surface area contributed by atoms with Gasteiger partial charge < -0.3 is 10.6 Å². The number of aromatic nitrogens is 1. The van der Waals surface area contributed by atoms with Gasteiger partial charge >= 0.3 is 6.03 Å². The molecule has 4 aromatic rings. The first kappa shape index (κ1) is 17.2. The highest BCUT2D eigenvalue weighted by Gasteiger charge is 2.29. The van der Waals surface area contributed by atoms with E-state index in [4.69, 9.17) is 0 Å². The van der Waals surface area contributed by atoms with E-state index in [1.807, 2.05) is 60.7 Å². The van der Waals surface area contributed by atoms with E-state index in [0.717, 1.165) is 22.4 Å². The van der Waals surface area contributed by atoms with Gasteiger partial charge in [-0.25, -0.2) is 4.79 Å². The summed E-state index contributed by atoms with van der Waals surface area (Å²) >= 11 is 0. The van der Waals surface area contributed by atoms with Crippen molar-refractivity contribution in [2.45, 2.75) is 6.04 Å². The molecule has 3 aromatic carbocycles. The Hall–Kier alpha value is -3.92. The number of hydrogen-bond donors (Lipinski definition) is 2. The zero-order valence-electron chi connectivity index (χ0n) is 15.7. The molecule has 0 saturated heterocycles. The van der Waals surface area contributed by atoms with E-state index in [9.17, 15) is 4.79 Å². The zero-order chi connectivity index (χ0) is 19.6. The summed E-state index contributed by atoms with van der Waals surface area (Å²) in [5, 5.41) is 6.08. The van der Waals surface area contributed by atoms with Crippen molar-refractivity contribution in [2.75, 3.05) is 5.32 Å². The Morgan fingerprint density at radius 2 is 1.38 bits per heavy atom. The summed E-state index contributed by atoms with van der Waals surface area (Å²) in [7, 11) is 0. The molecule has 4 nitrogen and oxygen atoms in total. The van der Waals surface area contributed by atoms with Crippen molar-refractivity contribution in [2.24, 2.45) is 0 Å². The second-order valence-corrected chi connectivity index (χ2v) is 7.00. The molecule has 1 aromatic heterocycles. The van der Waals surface area contributed by atoms with Gasteiger partial charge in [-0.05, 0) is 34.4 Å². The monoisotopic (exact) mass is 377 g/mol. The Bertz CT molecular complexity index is 1140. The Morgan fingerprint density at radius 1 is 0.759 bits per heavy atom. The number of fused-ring (bicyclic) bond motifs is 3. The van der Waals surface area contributed by atoms with Crippen LogP contribution in [0, 0.1) is 0 Å². The van der Waals surface area contributed by atoms with Gasteiger partial charge in [0.25, 0.3) is 0 Å². The second kappa shape index (κ2) is 7.24. The molecule has 29 heavy (non-hydrogen) atoms. The Kier molecular flexibility index (Phi) is 4.30. The van der Waals surface area contributed by atoms with Crippen molar-refractivity contribution in [1.82, 2.24) is 10.3 Å². The van der Waals surface area contributed by atoms with Crippen LogP contribution in [0.15, 0.2) is 97.2 Å². The normalized spacial score (nSPS) is 12.1. The van der Waals surface area contributed by atoms with Gasteiger partial charge in [0.05, 0.1) is 11.7 Å². The largest absolute Gasteiger partial charge is 0.327 e. The van der Waals surface area contributed by atoms with Crippen molar-refractivity contribution >= 4 is 11.7 Å². The fraction of sp³-hybridized carbons (Fsp3) is 0.0400. The lowest BCUT2D eigenvalue weighted by atomic mass is 10.1. The molecule has 0 bridgehead atoms. The average molecular weight is 377 g/mol. The van der Waals surface area contributed by atoms with E-state index in [-0.39, 0.29) is 12.1 Å². The van der Waals surface area contributed by atoms with Crippen LogP contribution in [0.2, 0.25) is 0 Å². The van der Waals surface area contributed by atoms with Crippen molar-refractivity contribution < 1.29 is 4.79 Å². The average Bonchev–Trinajstić information content (AvgIpc) is 3.08. The highest BCUT2D eigenvalue weighted by Crippen LogP contribution is 2.43. The third-order valence-electron chi connectivity index (χ3n) is 5.20. The van der Waals surface area contributed by atoms with Gasteiger partial charge in [-0.2, -0.15) is 0 Å². The van der Waals surface area contributed by atoms with Crippen molar-refractivity contribution in [3.8, 4) is 22.4 Å². The molecule has 2 N–H and O–H groups in total. The Balaban J connectivity index is 1.38. The van der Waals surface area contributed by atoms with Crippen LogP contribution < -0.4 is 10.6 Å². The summed E-state index contributed by atoms with van der Waals surface area (Å²) in [5.74, 6) is 0. The summed E-state index contributed by atoms with van der Waals surface area (Å²) < 4.78 is 0. The number of amides is 2. The van der Waals surface area contributed by atoms with Gasteiger partial charge in [-0.1, -0.05) is 78.9 Å². The SMILES string of the molecule is O=C(Nc1ccnc(-c2ccccc2)c1)NC1c2ccccc2-c2ccccc21.